The predicted molar refractivity (Wildman–Crippen MR) is 63.8 cm³/mol. The van der Waals surface area contributed by atoms with Gasteiger partial charge in [-0.1, -0.05) is 0 Å². The van der Waals surface area contributed by atoms with Crippen LogP contribution in [0.3, 0.4) is 0 Å². The van der Waals surface area contributed by atoms with Crippen LogP contribution in [0.15, 0.2) is 18.2 Å². The molecule has 0 N–H and O–H groups in total. The van der Waals surface area contributed by atoms with Gasteiger partial charge in [-0.2, -0.15) is 0 Å². The second-order valence-corrected chi connectivity index (χ2v) is 4.16. The maximum Gasteiger partial charge on any atom is 0.314 e. The molecule has 1 unspecified atom stereocenters. The third-order valence-corrected chi connectivity index (χ3v) is 3.05. The van der Waals surface area contributed by atoms with Crippen molar-refractivity contribution in [3.63, 3.8) is 0 Å². The van der Waals surface area contributed by atoms with Gasteiger partial charge in [-0.05, 0) is 30.7 Å². The average molecular weight is 251 g/mol. The fourth-order valence-electron chi connectivity index (χ4n) is 2.12. The van der Waals surface area contributed by atoms with Gasteiger partial charge in [0.2, 0.25) is 5.91 Å². The van der Waals surface area contributed by atoms with Gasteiger partial charge in [-0.25, -0.2) is 4.39 Å². The number of ether oxygens (including phenoxy) is 1. The Bertz CT molecular complexity index is 501. The lowest BCUT2D eigenvalue weighted by Gasteiger charge is -2.30. The molecule has 0 radical (unpaired) electrons. The van der Waals surface area contributed by atoms with E-state index in [4.69, 9.17) is 4.74 Å². The van der Waals surface area contributed by atoms with E-state index in [0.717, 1.165) is 0 Å². The van der Waals surface area contributed by atoms with Crippen LogP contribution >= 0.6 is 0 Å². The third kappa shape index (κ3) is 2.08. The second-order valence-electron chi connectivity index (χ2n) is 4.16. The molecule has 18 heavy (non-hydrogen) atoms. The molecule has 96 valence electrons. The molecule has 0 saturated heterocycles. The van der Waals surface area contributed by atoms with Crippen LogP contribution in [0.4, 0.5) is 10.1 Å². The summed E-state index contributed by atoms with van der Waals surface area (Å²) in [5.41, 5.74) is 1.07. The molecule has 2 rings (SSSR count). The standard InChI is InChI=1S/C13H14FNO3/c1-3-18-13(17)10-7-12(16)15(2)11-5-4-8(14)6-9(10)11/h4-6,10H,3,7H2,1-2H3. The summed E-state index contributed by atoms with van der Waals surface area (Å²) in [6.07, 6.45) is 0.0196. The van der Waals surface area contributed by atoms with E-state index in [1.165, 1.54) is 23.1 Å². The molecular weight excluding hydrogens is 237 g/mol. The molecule has 1 aromatic carbocycles. The van der Waals surface area contributed by atoms with Gasteiger partial charge < -0.3 is 9.64 Å². The molecule has 0 spiro atoms. The first-order valence-corrected chi connectivity index (χ1v) is 5.77. The van der Waals surface area contributed by atoms with E-state index in [2.05, 4.69) is 0 Å². The Hall–Kier alpha value is -1.91. The van der Waals surface area contributed by atoms with E-state index in [-0.39, 0.29) is 18.9 Å². The van der Waals surface area contributed by atoms with Crippen LogP contribution in [0.25, 0.3) is 0 Å². The first-order valence-electron chi connectivity index (χ1n) is 5.77. The molecule has 0 aromatic heterocycles. The van der Waals surface area contributed by atoms with E-state index in [1.54, 1.807) is 14.0 Å². The summed E-state index contributed by atoms with van der Waals surface area (Å²) < 4.78 is 18.2. The molecule has 0 aliphatic carbocycles. The Morgan fingerprint density at radius 2 is 2.28 bits per heavy atom. The minimum absolute atomic E-state index is 0.0196. The van der Waals surface area contributed by atoms with Crippen LogP contribution < -0.4 is 4.90 Å². The maximum atomic E-state index is 13.3. The lowest BCUT2D eigenvalue weighted by Crippen LogP contribution is -2.36. The van der Waals surface area contributed by atoms with Crippen molar-refractivity contribution in [1.82, 2.24) is 0 Å². The quantitative estimate of drug-likeness (QED) is 0.753. The van der Waals surface area contributed by atoms with Crippen LogP contribution in [0.1, 0.15) is 24.8 Å². The van der Waals surface area contributed by atoms with Crippen molar-refractivity contribution in [2.45, 2.75) is 19.3 Å². The molecule has 4 nitrogen and oxygen atoms in total. The minimum Gasteiger partial charge on any atom is -0.466 e. The zero-order valence-corrected chi connectivity index (χ0v) is 10.3. The van der Waals surface area contributed by atoms with Crippen molar-refractivity contribution in [2.24, 2.45) is 0 Å². The van der Waals surface area contributed by atoms with Gasteiger partial charge in [-0.15, -0.1) is 0 Å². The lowest BCUT2D eigenvalue weighted by molar-refractivity contribution is -0.146. The smallest absolute Gasteiger partial charge is 0.314 e. The van der Waals surface area contributed by atoms with Crippen molar-refractivity contribution in [1.29, 1.82) is 0 Å². The average Bonchev–Trinajstić information content (AvgIpc) is 2.34. The number of carbonyl (C=O) groups excluding carboxylic acids is 2. The number of halogens is 1. The van der Waals surface area contributed by atoms with E-state index in [1.807, 2.05) is 0 Å². The number of anilines is 1. The molecule has 0 bridgehead atoms. The van der Waals surface area contributed by atoms with E-state index >= 15 is 0 Å². The molecule has 1 heterocycles. The summed E-state index contributed by atoms with van der Waals surface area (Å²) in [6, 6.07) is 4.07. The Morgan fingerprint density at radius 3 is 2.94 bits per heavy atom. The highest BCUT2D eigenvalue weighted by Gasteiger charge is 2.34. The first-order chi connectivity index (χ1) is 8.54. The number of amides is 1. The zero-order valence-electron chi connectivity index (χ0n) is 10.3. The number of nitrogens with zero attached hydrogens (tertiary/aromatic N) is 1. The Balaban J connectivity index is 2.45. The van der Waals surface area contributed by atoms with Gasteiger partial charge in [-0.3, -0.25) is 9.59 Å². The number of esters is 1. The van der Waals surface area contributed by atoms with E-state index in [0.29, 0.717) is 11.3 Å². The Kier molecular flexibility index (Phi) is 3.32. The summed E-state index contributed by atoms with van der Waals surface area (Å²) >= 11 is 0. The lowest BCUT2D eigenvalue weighted by atomic mass is 9.89. The van der Waals surface area contributed by atoms with Gasteiger partial charge in [0, 0.05) is 19.2 Å². The van der Waals surface area contributed by atoms with Gasteiger partial charge in [0.1, 0.15) is 5.82 Å². The molecule has 5 heteroatoms. The van der Waals surface area contributed by atoms with Crippen LogP contribution in [0.2, 0.25) is 0 Å². The Morgan fingerprint density at radius 1 is 1.56 bits per heavy atom. The number of fused-ring (bicyclic) bond motifs is 1. The van der Waals surface area contributed by atoms with Crippen LogP contribution in [-0.4, -0.2) is 25.5 Å². The van der Waals surface area contributed by atoms with Crippen LogP contribution in [-0.2, 0) is 14.3 Å². The number of rotatable bonds is 2. The van der Waals surface area contributed by atoms with Gasteiger partial charge in [0.05, 0.1) is 12.5 Å². The van der Waals surface area contributed by atoms with Crippen LogP contribution in [0, 0.1) is 5.82 Å². The van der Waals surface area contributed by atoms with Crippen molar-refractivity contribution in [2.75, 3.05) is 18.6 Å². The monoisotopic (exact) mass is 251 g/mol. The summed E-state index contributed by atoms with van der Waals surface area (Å²) in [6.45, 7) is 1.94. The zero-order chi connectivity index (χ0) is 13.3. The summed E-state index contributed by atoms with van der Waals surface area (Å²) in [5.74, 6) is -1.79. The SMILES string of the molecule is CCOC(=O)C1CC(=O)N(C)c2ccc(F)cc21. The molecule has 0 fully saturated rings. The normalized spacial score (nSPS) is 18.5. The largest absolute Gasteiger partial charge is 0.466 e. The molecule has 1 atom stereocenters. The van der Waals surface area contributed by atoms with E-state index in [9.17, 15) is 14.0 Å². The molecular formula is C13H14FNO3. The third-order valence-electron chi connectivity index (χ3n) is 3.05. The van der Waals surface area contributed by atoms with Crippen molar-refractivity contribution >= 4 is 17.6 Å². The van der Waals surface area contributed by atoms with Crippen molar-refractivity contribution < 1.29 is 18.7 Å². The molecule has 1 aliphatic rings. The minimum atomic E-state index is -0.709. The Labute approximate surface area is 104 Å². The van der Waals surface area contributed by atoms with Crippen LogP contribution in [0.5, 0.6) is 0 Å². The highest BCUT2D eigenvalue weighted by molar-refractivity contribution is 6.01. The number of hydrogen-bond donors (Lipinski definition) is 0. The summed E-state index contributed by atoms with van der Waals surface area (Å²) in [7, 11) is 1.61. The first kappa shape index (κ1) is 12.5. The molecule has 1 aromatic rings. The molecule has 0 saturated carbocycles. The topological polar surface area (TPSA) is 46.6 Å². The molecule has 1 aliphatic heterocycles. The number of carbonyl (C=O) groups is 2. The van der Waals surface area contributed by atoms with Gasteiger partial charge in [0.15, 0.2) is 0 Å². The number of benzene rings is 1. The fraction of sp³-hybridized carbons (Fsp3) is 0.385. The predicted octanol–water partition coefficient (Wildman–Crippen LogP) is 1.84. The van der Waals surface area contributed by atoms with Gasteiger partial charge in [0.25, 0.3) is 0 Å². The number of hydrogen-bond acceptors (Lipinski definition) is 3. The molecule has 1 amide bonds. The van der Waals surface area contributed by atoms with E-state index < -0.39 is 17.7 Å². The highest BCUT2D eigenvalue weighted by Crippen LogP contribution is 2.36. The maximum absolute atomic E-state index is 13.3. The summed E-state index contributed by atoms with van der Waals surface area (Å²) in [5, 5.41) is 0. The fourth-order valence-corrected chi connectivity index (χ4v) is 2.12. The van der Waals surface area contributed by atoms with Crippen molar-refractivity contribution in [3.05, 3.63) is 29.6 Å². The van der Waals surface area contributed by atoms with Crippen molar-refractivity contribution in [3.8, 4) is 0 Å². The summed E-state index contributed by atoms with van der Waals surface area (Å²) in [4.78, 5) is 25.0. The highest BCUT2D eigenvalue weighted by atomic mass is 19.1. The van der Waals surface area contributed by atoms with Gasteiger partial charge >= 0.3 is 5.97 Å². The second kappa shape index (κ2) is 4.76.